The molecule has 0 amide bonds. The molecule has 0 spiro atoms. The molecule has 2 heteroatoms. The molecule has 0 saturated carbocycles. The average molecular weight is 177 g/mol. The van der Waals surface area contributed by atoms with Crippen LogP contribution in [0.4, 0.5) is 0 Å². The molecule has 1 rings (SSSR count). The van der Waals surface area contributed by atoms with Gasteiger partial charge in [-0.2, -0.15) is 0 Å². The van der Waals surface area contributed by atoms with Crippen molar-refractivity contribution in [3.63, 3.8) is 0 Å². The minimum absolute atomic E-state index is 0.869. The van der Waals surface area contributed by atoms with Crippen LogP contribution in [0.1, 0.15) is 26.0 Å². The second-order valence-electron chi connectivity index (χ2n) is 3.45. The van der Waals surface area contributed by atoms with E-state index in [1.807, 2.05) is 24.4 Å². The monoisotopic (exact) mass is 177 g/mol. The van der Waals surface area contributed by atoms with Gasteiger partial charge in [-0.05, 0) is 31.0 Å². The van der Waals surface area contributed by atoms with E-state index in [4.69, 9.17) is 0 Å². The van der Waals surface area contributed by atoms with Crippen molar-refractivity contribution in [3.05, 3.63) is 36.0 Å². The normalized spacial score (nSPS) is 10.7. The molecule has 1 heterocycles. The van der Waals surface area contributed by atoms with Crippen LogP contribution in [0.3, 0.4) is 0 Å². The summed E-state index contributed by atoms with van der Waals surface area (Å²) in [6, 6.07) is 5.99. The molecule has 71 valence electrons. The largest absolute Gasteiger partial charge is 0.311 e. The summed E-state index contributed by atoms with van der Waals surface area (Å²) >= 11 is 0. The number of pyridine rings is 1. The van der Waals surface area contributed by atoms with Crippen LogP contribution in [0.2, 0.25) is 0 Å². The SMILES string of the molecule is C[C](C)CCNCc1ccccn1. The lowest BCUT2D eigenvalue weighted by Gasteiger charge is -2.05. The van der Waals surface area contributed by atoms with E-state index in [1.54, 1.807) is 0 Å². The minimum atomic E-state index is 0.869. The quantitative estimate of drug-likeness (QED) is 0.697. The fourth-order valence-corrected chi connectivity index (χ4v) is 1.06. The highest BCUT2D eigenvalue weighted by Gasteiger charge is 1.94. The first-order chi connectivity index (χ1) is 6.29. The Morgan fingerprint density at radius 1 is 1.38 bits per heavy atom. The van der Waals surface area contributed by atoms with Crippen molar-refractivity contribution in [1.82, 2.24) is 10.3 Å². The Morgan fingerprint density at radius 2 is 2.23 bits per heavy atom. The van der Waals surface area contributed by atoms with E-state index in [-0.39, 0.29) is 0 Å². The summed E-state index contributed by atoms with van der Waals surface area (Å²) in [4.78, 5) is 4.23. The summed E-state index contributed by atoms with van der Waals surface area (Å²) in [6.07, 6.45) is 2.97. The zero-order valence-corrected chi connectivity index (χ0v) is 8.38. The van der Waals surface area contributed by atoms with Crippen LogP contribution in [0.5, 0.6) is 0 Å². The summed E-state index contributed by atoms with van der Waals surface area (Å²) in [5.74, 6) is 1.47. The third kappa shape index (κ3) is 4.63. The first-order valence-electron chi connectivity index (χ1n) is 4.68. The van der Waals surface area contributed by atoms with E-state index in [0.717, 1.165) is 25.2 Å². The fourth-order valence-electron chi connectivity index (χ4n) is 1.06. The van der Waals surface area contributed by atoms with Crippen LogP contribution < -0.4 is 5.32 Å². The van der Waals surface area contributed by atoms with Crippen molar-refractivity contribution in [2.75, 3.05) is 6.54 Å². The van der Waals surface area contributed by atoms with Crippen molar-refractivity contribution in [1.29, 1.82) is 0 Å². The second-order valence-corrected chi connectivity index (χ2v) is 3.45. The van der Waals surface area contributed by atoms with Gasteiger partial charge in [0.25, 0.3) is 0 Å². The molecule has 0 aliphatic heterocycles. The Bertz CT molecular complexity index is 219. The lowest BCUT2D eigenvalue weighted by molar-refractivity contribution is 0.648. The van der Waals surface area contributed by atoms with Gasteiger partial charge in [-0.1, -0.05) is 19.9 Å². The topological polar surface area (TPSA) is 24.9 Å². The van der Waals surface area contributed by atoms with Crippen molar-refractivity contribution in [3.8, 4) is 0 Å². The molecular formula is C11H17N2. The summed E-state index contributed by atoms with van der Waals surface area (Å²) in [5, 5.41) is 3.35. The van der Waals surface area contributed by atoms with Crippen LogP contribution in [0, 0.1) is 5.92 Å². The zero-order valence-electron chi connectivity index (χ0n) is 8.38. The molecule has 0 aliphatic carbocycles. The zero-order chi connectivity index (χ0) is 9.52. The molecule has 2 nitrogen and oxygen atoms in total. The Kier molecular flexibility index (Phi) is 4.47. The molecule has 1 N–H and O–H groups in total. The summed E-state index contributed by atoms with van der Waals surface area (Å²) < 4.78 is 0. The van der Waals surface area contributed by atoms with Gasteiger partial charge >= 0.3 is 0 Å². The predicted octanol–water partition coefficient (Wildman–Crippen LogP) is 2.18. The first-order valence-corrected chi connectivity index (χ1v) is 4.68. The third-order valence-corrected chi connectivity index (χ3v) is 1.83. The van der Waals surface area contributed by atoms with E-state index >= 15 is 0 Å². The summed E-state index contributed by atoms with van der Waals surface area (Å²) in [7, 11) is 0. The van der Waals surface area contributed by atoms with Crippen molar-refractivity contribution >= 4 is 0 Å². The van der Waals surface area contributed by atoms with Crippen LogP contribution >= 0.6 is 0 Å². The number of nitrogens with one attached hydrogen (secondary N) is 1. The molecule has 13 heavy (non-hydrogen) atoms. The standard InChI is InChI=1S/C11H17N2/c1-10(2)6-8-12-9-11-5-3-4-7-13-11/h3-5,7,12H,6,8-9H2,1-2H3. The van der Waals surface area contributed by atoms with E-state index in [1.165, 1.54) is 5.92 Å². The third-order valence-electron chi connectivity index (χ3n) is 1.83. The van der Waals surface area contributed by atoms with E-state index in [0.29, 0.717) is 0 Å². The van der Waals surface area contributed by atoms with Gasteiger partial charge < -0.3 is 5.32 Å². The van der Waals surface area contributed by atoms with Gasteiger partial charge in [-0.25, -0.2) is 0 Å². The Hall–Kier alpha value is -0.890. The highest BCUT2D eigenvalue weighted by atomic mass is 14.9. The number of hydrogen-bond donors (Lipinski definition) is 1. The molecule has 0 fully saturated rings. The van der Waals surface area contributed by atoms with Crippen LogP contribution in [-0.4, -0.2) is 11.5 Å². The van der Waals surface area contributed by atoms with Gasteiger partial charge in [-0.3, -0.25) is 4.98 Å². The maximum Gasteiger partial charge on any atom is 0.0541 e. The maximum atomic E-state index is 4.23. The molecule has 1 aromatic heterocycles. The minimum Gasteiger partial charge on any atom is -0.311 e. The number of rotatable bonds is 5. The van der Waals surface area contributed by atoms with Crippen LogP contribution in [-0.2, 0) is 6.54 Å². The lowest BCUT2D eigenvalue weighted by atomic mass is 10.1. The molecular weight excluding hydrogens is 160 g/mol. The second kappa shape index (κ2) is 5.70. The lowest BCUT2D eigenvalue weighted by Crippen LogP contribution is -2.16. The van der Waals surface area contributed by atoms with E-state index < -0.39 is 0 Å². The van der Waals surface area contributed by atoms with Crippen LogP contribution in [0.25, 0.3) is 0 Å². The smallest absolute Gasteiger partial charge is 0.0541 e. The first kappa shape index (κ1) is 10.2. The van der Waals surface area contributed by atoms with Gasteiger partial charge in [0, 0.05) is 12.7 Å². The average Bonchev–Trinajstić information content (AvgIpc) is 2.14. The molecule has 0 saturated heterocycles. The van der Waals surface area contributed by atoms with Gasteiger partial charge in [0.1, 0.15) is 0 Å². The molecule has 0 aliphatic rings. The highest BCUT2D eigenvalue weighted by Crippen LogP contribution is 2.00. The summed E-state index contributed by atoms with van der Waals surface area (Å²) in [5.41, 5.74) is 1.11. The molecule has 0 atom stereocenters. The molecule has 0 unspecified atom stereocenters. The number of aromatic nitrogens is 1. The molecule has 0 bridgehead atoms. The number of hydrogen-bond acceptors (Lipinski definition) is 2. The van der Waals surface area contributed by atoms with Crippen molar-refractivity contribution in [2.45, 2.75) is 26.8 Å². The van der Waals surface area contributed by atoms with Crippen molar-refractivity contribution in [2.24, 2.45) is 0 Å². The Morgan fingerprint density at radius 3 is 2.85 bits per heavy atom. The van der Waals surface area contributed by atoms with Gasteiger partial charge in [0.15, 0.2) is 0 Å². The van der Waals surface area contributed by atoms with Gasteiger partial charge in [-0.15, -0.1) is 0 Å². The molecule has 0 aromatic carbocycles. The Labute approximate surface area is 80.4 Å². The molecule has 1 aromatic rings. The van der Waals surface area contributed by atoms with Crippen LogP contribution in [0.15, 0.2) is 24.4 Å². The number of nitrogens with zero attached hydrogens (tertiary/aromatic N) is 1. The maximum absolute atomic E-state index is 4.23. The van der Waals surface area contributed by atoms with Gasteiger partial charge in [0.05, 0.1) is 5.69 Å². The summed E-state index contributed by atoms with van der Waals surface area (Å²) in [6.45, 7) is 6.22. The van der Waals surface area contributed by atoms with E-state index in [9.17, 15) is 0 Å². The fraction of sp³-hybridized carbons (Fsp3) is 0.455. The molecule has 1 radical (unpaired) electrons. The highest BCUT2D eigenvalue weighted by molar-refractivity contribution is 5.02. The predicted molar refractivity (Wildman–Crippen MR) is 55.2 cm³/mol. The van der Waals surface area contributed by atoms with E-state index in [2.05, 4.69) is 24.1 Å². The van der Waals surface area contributed by atoms with Crippen molar-refractivity contribution < 1.29 is 0 Å². The van der Waals surface area contributed by atoms with Gasteiger partial charge in [0.2, 0.25) is 0 Å². The Balaban J connectivity index is 2.13.